The zero-order valence-electron chi connectivity index (χ0n) is 13.2. The van der Waals surface area contributed by atoms with Crippen molar-refractivity contribution in [1.29, 1.82) is 0 Å². The number of aliphatic hydroxyl groups excluding tert-OH is 1. The number of aromatic nitrogens is 2. The lowest BCUT2D eigenvalue weighted by molar-refractivity contribution is 0.0356. The van der Waals surface area contributed by atoms with E-state index in [0.29, 0.717) is 24.4 Å². The molecule has 1 aromatic rings. The van der Waals surface area contributed by atoms with Gasteiger partial charge in [0.25, 0.3) is 0 Å². The van der Waals surface area contributed by atoms with E-state index in [1.165, 1.54) is 12.8 Å². The topological polar surface area (TPSA) is 41.3 Å². The number of piperidine rings is 1. The molecule has 3 heterocycles. The second kappa shape index (κ2) is 6.01. The number of hydrogen-bond donors (Lipinski definition) is 1. The minimum Gasteiger partial charge on any atom is -0.392 e. The van der Waals surface area contributed by atoms with Crippen molar-refractivity contribution in [3.63, 3.8) is 0 Å². The first-order chi connectivity index (χ1) is 10.0. The van der Waals surface area contributed by atoms with Crippen molar-refractivity contribution in [3.8, 4) is 0 Å². The Balaban J connectivity index is 1.71. The van der Waals surface area contributed by atoms with E-state index in [4.69, 9.17) is 0 Å². The van der Waals surface area contributed by atoms with Crippen LogP contribution in [0.1, 0.15) is 44.0 Å². The quantitative estimate of drug-likeness (QED) is 0.902. The summed E-state index contributed by atoms with van der Waals surface area (Å²) < 4.78 is 3.09. The summed E-state index contributed by atoms with van der Waals surface area (Å²) >= 11 is 3.64. The third-order valence-corrected chi connectivity index (χ3v) is 6.57. The summed E-state index contributed by atoms with van der Waals surface area (Å²) in [6.07, 6.45) is 5.36. The number of hydrogen-bond acceptors (Lipinski definition) is 3. The lowest BCUT2D eigenvalue weighted by atomic mass is 9.85. The van der Waals surface area contributed by atoms with Crippen LogP contribution in [0.25, 0.3) is 0 Å². The van der Waals surface area contributed by atoms with E-state index in [1.807, 2.05) is 11.6 Å². The van der Waals surface area contributed by atoms with Gasteiger partial charge in [-0.1, -0.05) is 0 Å². The minimum absolute atomic E-state index is 0.250. The molecule has 1 aromatic heterocycles. The first-order valence-electron chi connectivity index (χ1n) is 8.13. The molecule has 2 bridgehead atoms. The third-order valence-electron chi connectivity index (χ3n) is 5.53. The van der Waals surface area contributed by atoms with Gasteiger partial charge in [-0.3, -0.25) is 4.68 Å². The summed E-state index contributed by atoms with van der Waals surface area (Å²) in [5.41, 5.74) is 2.16. The predicted octanol–water partition coefficient (Wildman–Crippen LogP) is 2.75. The maximum absolute atomic E-state index is 10.8. The monoisotopic (exact) mass is 355 g/mol. The molecule has 4 nitrogen and oxygen atoms in total. The average Bonchev–Trinajstić information content (AvgIpc) is 2.85. The predicted molar refractivity (Wildman–Crippen MR) is 87.3 cm³/mol. The number of aliphatic hydroxyl groups is 1. The highest BCUT2D eigenvalue weighted by atomic mass is 79.9. The molecule has 2 fully saturated rings. The molecule has 0 amide bonds. The molecule has 5 heteroatoms. The van der Waals surface area contributed by atoms with Gasteiger partial charge in [0.05, 0.1) is 22.0 Å². The van der Waals surface area contributed by atoms with Crippen molar-refractivity contribution in [2.45, 2.75) is 70.7 Å². The van der Waals surface area contributed by atoms with Gasteiger partial charge in [0.1, 0.15) is 0 Å². The fourth-order valence-electron chi connectivity index (χ4n) is 4.20. The van der Waals surface area contributed by atoms with E-state index in [0.717, 1.165) is 35.2 Å². The second-order valence-corrected chi connectivity index (χ2v) is 7.51. The molecule has 0 spiro atoms. The highest BCUT2D eigenvalue weighted by Gasteiger charge is 2.40. The van der Waals surface area contributed by atoms with Crippen molar-refractivity contribution in [1.82, 2.24) is 14.7 Å². The van der Waals surface area contributed by atoms with Crippen molar-refractivity contribution in [2.75, 3.05) is 7.05 Å². The van der Waals surface area contributed by atoms with E-state index < -0.39 is 0 Å². The average molecular weight is 356 g/mol. The van der Waals surface area contributed by atoms with Crippen LogP contribution in [0.4, 0.5) is 0 Å². The Morgan fingerprint density at radius 1 is 1.33 bits per heavy atom. The van der Waals surface area contributed by atoms with Gasteiger partial charge in [0.2, 0.25) is 0 Å². The molecule has 21 heavy (non-hydrogen) atoms. The minimum atomic E-state index is -0.250. The molecule has 2 aliphatic heterocycles. The molecular formula is C16H26BrN3O. The van der Waals surface area contributed by atoms with Crippen molar-refractivity contribution in [3.05, 3.63) is 15.9 Å². The van der Waals surface area contributed by atoms with Crippen LogP contribution in [0, 0.1) is 12.8 Å². The summed E-state index contributed by atoms with van der Waals surface area (Å²) in [5.74, 6) is 0.436. The third kappa shape index (κ3) is 2.80. The van der Waals surface area contributed by atoms with Gasteiger partial charge in [-0.2, -0.15) is 5.10 Å². The van der Waals surface area contributed by atoms with Gasteiger partial charge >= 0.3 is 0 Å². The summed E-state index contributed by atoms with van der Waals surface area (Å²) in [5, 5.41) is 15.3. The molecule has 1 N–H and O–H groups in total. The highest BCUT2D eigenvalue weighted by Crippen LogP contribution is 2.39. The molecule has 0 aliphatic carbocycles. The molecule has 0 saturated carbocycles. The molecule has 0 radical (unpaired) electrons. The zero-order valence-corrected chi connectivity index (χ0v) is 14.8. The van der Waals surface area contributed by atoms with E-state index in [1.54, 1.807) is 0 Å². The number of nitrogens with zero attached hydrogens (tertiary/aromatic N) is 3. The normalized spacial score (nSPS) is 30.8. The summed E-state index contributed by atoms with van der Waals surface area (Å²) in [6, 6.07) is 1.37. The van der Waals surface area contributed by atoms with Crippen molar-refractivity contribution >= 4 is 15.9 Å². The number of fused-ring (bicyclic) bond motifs is 2. The fourth-order valence-corrected chi connectivity index (χ4v) is 4.64. The Bertz CT molecular complexity index is 502. The fraction of sp³-hybridized carbons (Fsp3) is 0.812. The van der Waals surface area contributed by atoms with Gasteiger partial charge in [0, 0.05) is 25.0 Å². The summed E-state index contributed by atoms with van der Waals surface area (Å²) in [6.45, 7) is 4.97. The van der Waals surface area contributed by atoms with E-state index >= 15 is 0 Å². The largest absolute Gasteiger partial charge is 0.392 e. The first kappa shape index (κ1) is 15.5. The van der Waals surface area contributed by atoms with E-state index in [-0.39, 0.29) is 6.10 Å². The maximum Gasteiger partial charge on any atom is 0.0738 e. The molecule has 2 saturated heterocycles. The SMILES string of the molecule is CCn1nc(C)c(Br)c1CC(O)C1CC2CCC(C1)N2C. The number of aryl methyl sites for hydroxylation is 2. The Kier molecular flexibility index (Phi) is 4.44. The smallest absolute Gasteiger partial charge is 0.0738 e. The standard InChI is InChI=1S/C16H26BrN3O/c1-4-20-14(16(17)10(2)18-20)9-15(21)11-7-12-5-6-13(8-11)19(12)3/h11-13,15,21H,4-9H2,1-3H3. The molecule has 2 aliphatic rings. The van der Waals surface area contributed by atoms with Crippen molar-refractivity contribution in [2.24, 2.45) is 5.92 Å². The van der Waals surface area contributed by atoms with Crippen LogP contribution in [0.3, 0.4) is 0 Å². The van der Waals surface area contributed by atoms with Gasteiger partial charge < -0.3 is 10.0 Å². The lowest BCUT2D eigenvalue weighted by Crippen LogP contribution is -2.43. The molecule has 118 valence electrons. The highest BCUT2D eigenvalue weighted by molar-refractivity contribution is 9.10. The van der Waals surface area contributed by atoms with Crippen LogP contribution in [0.15, 0.2) is 4.47 Å². The number of rotatable bonds is 4. The second-order valence-electron chi connectivity index (χ2n) is 6.72. The zero-order chi connectivity index (χ0) is 15.1. The molecular weight excluding hydrogens is 330 g/mol. The first-order valence-corrected chi connectivity index (χ1v) is 8.92. The van der Waals surface area contributed by atoms with Crippen LogP contribution in [0.5, 0.6) is 0 Å². The van der Waals surface area contributed by atoms with Gasteiger partial charge in [-0.05, 0) is 68.4 Å². The lowest BCUT2D eigenvalue weighted by Gasteiger charge is -2.38. The van der Waals surface area contributed by atoms with E-state index in [9.17, 15) is 5.11 Å². The van der Waals surface area contributed by atoms with Crippen LogP contribution >= 0.6 is 15.9 Å². The number of halogens is 1. The van der Waals surface area contributed by atoms with Crippen LogP contribution in [-0.4, -0.2) is 45.0 Å². The van der Waals surface area contributed by atoms with Crippen LogP contribution in [-0.2, 0) is 13.0 Å². The Morgan fingerprint density at radius 3 is 2.52 bits per heavy atom. The molecule has 3 rings (SSSR count). The molecule has 3 atom stereocenters. The Hall–Kier alpha value is -0.390. The van der Waals surface area contributed by atoms with Crippen LogP contribution in [0.2, 0.25) is 0 Å². The van der Waals surface area contributed by atoms with Gasteiger partial charge in [-0.15, -0.1) is 0 Å². The van der Waals surface area contributed by atoms with Gasteiger partial charge in [-0.25, -0.2) is 0 Å². The summed E-state index contributed by atoms with van der Waals surface area (Å²) in [7, 11) is 2.25. The van der Waals surface area contributed by atoms with Gasteiger partial charge in [0.15, 0.2) is 0 Å². The van der Waals surface area contributed by atoms with Crippen LogP contribution < -0.4 is 0 Å². The molecule has 3 unspecified atom stereocenters. The summed E-state index contributed by atoms with van der Waals surface area (Å²) in [4.78, 5) is 2.53. The van der Waals surface area contributed by atoms with Crippen molar-refractivity contribution < 1.29 is 5.11 Å². The Morgan fingerprint density at radius 2 is 1.95 bits per heavy atom. The van der Waals surface area contributed by atoms with E-state index in [2.05, 4.69) is 39.9 Å². The molecule has 0 aromatic carbocycles. The maximum atomic E-state index is 10.8. The Labute approximate surface area is 135 Å².